The summed E-state index contributed by atoms with van der Waals surface area (Å²) in [7, 11) is 1.62. The Labute approximate surface area is 191 Å². The zero-order valence-electron chi connectivity index (χ0n) is 18.2. The molecule has 0 saturated carbocycles. The minimum Gasteiger partial charge on any atom is -0.497 e. The summed E-state index contributed by atoms with van der Waals surface area (Å²) in [5.74, 6) is -0.162. The lowest BCUT2D eigenvalue weighted by atomic mass is 10.1. The molecule has 0 unspecified atom stereocenters. The zero-order chi connectivity index (χ0) is 23.2. The van der Waals surface area contributed by atoms with Gasteiger partial charge in [-0.15, -0.1) is 0 Å². The number of fused-ring (bicyclic) bond motifs is 1. The van der Waals surface area contributed by atoms with Crippen molar-refractivity contribution in [1.82, 2.24) is 0 Å². The Hall–Kier alpha value is -4.13. The van der Waals surface area contributed by atoms with E-state index in [9.17, 15) is 14.4 Å². The van der Waals surface area contributed by atoms with Gasteiger partial charge in [-0.2, -0.15) is 0 Å². The number of methoxy groups -OCH3 is 1. The molecule has 33 heavy (non-hydrogen) atoms. The van der Waals surface area contributed by atoms with Gasteiger partial charge in [-0.3, -0.25) is 9.59 Å². The van der Waals surface area contributed by atoms with Crippen molar-refractivity contribution in [2.24, 2.45) is 0 Å². The number of nitrogens with zero attached hydrogens (tertiary/aromatic N) is 1. The van der Waals surface area contributed by atoms with Crippen LogP contribution in [0.1, 0.15) is 18.4 Å². The number of benzene rings is 3. The molecule has 0 atom stereocenters. The second-order valence-corrected chi connectivity index (χ2v) is 7.66. The van der Waals surface area contributed by atoms with E-state index in [2.05, 4.69) is 5.32 Å². The number of hydrogen-bond donors (Lipinski definition) is 1. The molecular formula is C26H24N2O5. The number of carbonyl (C=O) groups is 3. The van der Waals surface area contributed by atoms with Crippen LogP contribution >= 0.6 is 0 Å². The van der Waals surface area contributed by atoms with Gasteiger partial charge in [-0.25, -0.2) is 4.79 Å². The van der Waals surface area contributed by atoms with E-state index in [1.54, 1.807) is 42.4 Å². The topological polar surface area (TPSA) is 84.9 Å². The normalized spacial score (nSPS) is 13.5. The van der Waals surface area contributed by atoms with Crippen LogP contribution in [0.25, 0.3) is 16.8 Å². The Morgan fingerprint density at radius 1 is 1.03 bits per heavy atom. The van der Waals surface area contributed by atoms with Gasteiger partial charge >= 0.3 is 5.97 Å². The van der Waals surface area contributed by atoms with Crippen molar-refractivity contribution in [3.05, 3.63) is 72.3 Å². The van der Waals surface area contributed by atoms with E-state index in [1.165, 1.54) is 6.08 Å². The second kappa shape index (κ2) is 9.99. The lowest BCUT2D eigenvalue weighted by Crippen LogP contribution is -2.23. The van der Waals surface area contributed by atoms with E-state index in [1.807, 2.05) is 36.4 Å². The van der Waals surface area contributed by atoms with Gasteiger partial charge in [0.25, 0.3) is 5.91 Å². The SMILES string of the molecule is COc1ccc2cc(/C=C/C(=O)OCC(=O)Nc3ccc(N4CCCC4=O)cc3)ccc2c1. The van der Waals surface area contributed by atoms with Gasteiger partial charge in [0.15, 0.2) is 6.61 Å². The van der Waals surface area contributed by atoms with Gasteiger partial charge in [-0.1, -0.05) is 18.2 Å². The highest BCUT2D eigenvalue weighted by atomic mass is 16.5. The summed E-state index contributed by atoms with van der Waals surface area (Å²) < 4.78 is 10.3. The number of nitrogens with one attached hydrogen (secondary N) is 1. The molecule has 0 spiro atoms. The highest BCUT2D eigenvalue weighted by Crippen LogP contribution is 2.23. The smallest absolute Gasteiger partial charge is 0.331 e. The molecule has 7 heteroatoms. The molecule has 0 radical (unpaired) electrons. The summed E-state index contributed by atoms with van der Waals surface area (Å²) in [6, 6.07) is 18.6. The van der Waals surface area contributed by atoms with Gasteiger partial charge in [0, 0.05) is 30.4 Å². The molecule has 1 aliphatic rings. The molecule has 7 nitrogen and oxygen atoms in total. The molecule has 3 aromatic rings. The highest BCUT2D eigenvalue weighted by molar-refractivity contribution is 5.97. The molecule has 1 fully saturated rings. The Balaban J connectivity index is 1.27. The summed E-state index contributed by atoms with van der Waals surface area (Å²) in [5, 5.41) is 4.73. The average Bonchev–Trinajstić information content (AvgIpc) is 3.27. The predicted molar refractivity (Wildman–Crippen MR) is 127 cm³/mol. The maximum Gasteiger partial charge on any atom is 0.331 e. The molecule has 0 aliphatic carbocycles. The van der Waals surface area contributed by atoms with E-state index >= 15 is 0 Å². The third-order valence-corrected chi connectivity index (χ3v) is 5.37. The van der Waals surface area contributed by atoms with Gasteiger partial charge in [-0.05, 0) is 71.3 Å². The zero-order valence-corrected chi connectivity index (χ0v) is 18.2. The number of amides is 2. The maximum absolute atomic E-state index is 12.1. The summed E-state index contributed by atoms with van der Waals surface area (Å²) in [6.07, 6.45) is 4.35. The van der Waals surface area contributed by atoms with Crippen molar-refractivity contribution >= 4 is 46.0 Å². The summed E-state index contributed by atoms with van der Waals surface area (Å²) >= 11 is 0. The molecular weight excluding hydrogens is 420 g/mol. The fourth-order valence-corrected chi connectivity index (χ4v) is 3.66. The van der Waals surface area contributed by atoms with Crippen molar-refractivity contribution in [3.8, 4) is 5.75 Å². The third kappa shape index (κ3) is 5.57. The Bertz CT molecular complexity index is 1220. The van der Waals surface area contributed by atoms with E-state index in [4.69, 9.17) is 9.47 Å². The van der Waals surface area contributed by atoms with Crippen molar-refractivity contribution in [2.75, 3.05) is 30.5 Å². The molecule has 168 valence electrons. The van der Waals surface area contributed by atoms with E-state index < -0.39 is 18.5 Å². The van der Waals surface area contributed by atoms with Crippen LogP contribution in [0.2, 0.25) is 0 Å². The van der Waals surface area contributed by atoms with Crippen LogP contribution in [0, 0.1) is 0 Å². The Kier molecular flexibility index (Phi) is 6.69. The third-order valence-electron chi connectivity index (χ3n) is 5.37. The first-order valence-corrected chi connectivity index (χ1v) is 10.6. The largest absolute Gasteiger partial charge is 0.497 e. The number of ether oxygens (including phenoxy) is 2. The fraction of sp³-hybridized carbons (Fsp3) is 0.192. The number of esters is 1. The summed E-state index contributed by atoms with van der Waals surface area (Å²) in [4.78, 5) is 37.6. The second-order valence-electron chi connectivity index (χ2n) is 7.66. The summed E-state index contributed by atoms with van der Waals surface area (Å²) in [5.41, 5.74) is 2.21. The molecule has 3 aromatic carbocycles. The summed E-state index contributed by atoms with van der Waals surface area (Å²) in [6.45, 7) is 0.314. The molecule has 2 amide bonds. The van der Waals surface area contributed by atoms with Gasteiger partial charge in [0.2, 0.25) is 5.91 Å². The molecule has 1 saturated heterocycles. The number of hydrogen-bond acceptors (Lipinski definition) is 5. The lowest BCUT2D eigenvalue weighted by Gasteiger charge is -2.16. The van der Waals surface area contributed by atoms with Crippen LogP contribution in [-0.4, -0.2) is 38.0 Å². The van der Waals surface area contributed by atoms with Crippen molar-refractivity contribution in [2.45, 2.75) is 12.8 Å². The van der Waals surface area contributed by atoms with E-state index in [-0.39, 0.29) is 5.91 Å². The quantitative estimate of drug-likeness (QED) is 0.437. The first-order valence-electron chi connectivity index (χ1n) is 10.6. The first kappa shape index (κ1) is 22.1. The van der Waals surface area contributed by atoms with Crippen LogP contribution < -0.4 is 15.0 Å². The molecule has 1 heterocycles. The van der Waals surface area contributed by atoms with Crippen molar-refractivity contribution < 1.29 is 23.9 Å². The monoisotopic (exact) mass is 444 g/mol. The standard InChI is InChI=1S/C26H24N2O5/c1-32-23-12-7-19-15-18(4-6-20(19)16-23)5-13-26(31)33-17-24(29)27-21-8-10-22(11-9-21)28-14-2-3-25(28)30/h4-13,15-16H,2-3,14,17H2,1H3,(H,27,29)/b13-5+. The predicted octanol–water partition coefficient (Wildman–Crippen LogP) is 4.17. The Morgan fingerprint density at radius 3 is 2.52 bits per heavy atom. The van der Waals surface area contributed by atoms with Gasteiger partial charge in [0.05, 0.1) is 7.11 Å². The van der Waals surface area contributed by atoms with Crippen LogP contribution in [0.15, 0.2) is 66.7 Å². The number of carbonyl (C=O) groups excluding carboxylic acids is 3. The number of anilines is 2. The molecule has 1 N–H and O–H groups in total. The number of rotatable bonds is 7. The Morgan fingerprint density at radius 2 is 1.79 bits per heavy atom. The maximum atomic E-state index is 12.1. The highest BCUT2D eigenvalue weighted by Gasteiger charge is 2.21. The van der Waals surface area contributed by atoms with Crippen molar-refractivity contribution in [3.63, 3.8) is 0 Å². The fourth-order valence-electron chi connectivity index (χ4n) is 3.66. The molecule has 1 aliphatic heterocycles. The van der Waals surface area contributed by atoms with Crippen LogP contribution in [0.4, 0.5) is 11.4 Å². The minimum atomic E-state index is -0.608. The van der Waals surface area contributed by atoms with Gasteiger partial charge in [0.1, 0.15) is 5.75 Å². The van der Waals surface area contributed by atoms with E-state index in [0.29, 0.717) is 18.7 Å². The van der Waals surface area contributed by atoms with Crippen LogP contribution in [-0.2, 0) is 19.1 Å². The van der Waals surface area contributed by atoms with Crippen molar-refractivity contribution in [1.29, 1.82) is 0 Å². The van der Waals surface area contributed by atoms with Crippen LogP contribution in [0.3, 0.4) is 0 Å². The molecule has 0 bridgehead atoms. The van der Waals surface area contributed by atoms with E-state index in [0.717, 1.165) is 34.2 Å². The molecule has 4 rings (SSSR count). The minimum absolute atomic E-state index is 0.107. The lowest BCUT2D eigenvalue weighted by molar-refractivity contribution is -0.142. The van der Waals surface area contributed by atoms with Gasteiger partial charge < -0.3 is 19.7 Å². The first-order chi connectivity index (χ1) is 16.0. The van der Waals surface area contributed by atoms with Crippen LogP contribution in [0.5, 0.6) is 5.75 Å². The molecule has 0 aromatic heterocycles. The average molecular weight is 444 g/mol.